The van der Waals surface area contributed by atoms with Gasteiger partial charge >= 0.3 is 0 Å². The van der Waals surface area contributed by atoms with Crippen LogP contribution in [-0.2, 0) is 0 Å². The summed E-state index contributed by atoms with van der Waals surface area (Å²) in [5.74, 6) is -1.10. The molecule has 0 aliphatic heterocycles. The molecular formula is C13H14FN3OS. The van der Waals surface area contributed by atoms with Gasteiger partial charge in [0.25, 0.3) is 0 Å². The third kappa shape index (κ3) is 2.90. The Morgan fingerprint density at radius 1 is 1.53 bits per heavy atom. The molecule has 1 aromatic carbocycles. The topological polar surface area (TPSA) is 68.0 Å². The number of amides is 1. The van der Waals surface area contributed by atoms with Crippen molar-refractivity contribution in [3.8, 4) is 0 Å². The smallest absolute Gasteiger partial charge is 0.248 e. The van der Waals surface area contributed by atoms with Gasteiger partial charge in [-0.05, 0) is 26.0 Å². The molecule has 0 aliphatic rings. The van der Waals surface area contributed by atoms with Crippen LogP contribution in [0.15, 0.2) is 23.7 Å². The van der Waals surface area contributed by atoms with E-state index in [1.165, 1.54) is 11.3 Å². The molecular weight excluding hydrogens is 265 g/mol. The Kier molecular flexibility index (Phi) is 3.80. The van der Waals surface area contributed by atoms with Gasteiger partial charge in [-0.3, -0.25) is 4.79 Å². The van der Waals surface area contributed by atoms with Gasteiger partial charge in [-0.15, -0.1) is 11.3 Å². The number of thiazole rings is 1. The molecule has 0 saturated carbocycles. The largest absolute Gasteiger partial charge is 0.376 e. The van der Waals surface area contributed by atoms with Crippen LogP contribution in [-0.4, -0.2) is 10.9 Å². The highest BCUT2D eigenvalue weighted by Gasteiger charge is 2.14. The van der Waals surface area contributed by atoms with E-state index in [-0.39, 0.29) is 11.6 Å². The predicted octanol–water partition coefficient (Wildman–Crippen LogP) is 2.86. The van der Waals surface area contributed by atoms with E-state index in [1.54, 1.807) is 19.2 Å². The van der Waals surface area contributed by atoms with Crippen LogP contribution < -0.4 is 11.1 Å². The summed E-state index contributed by atoms with van der Waals surface area (Å²) < 4.78 is 13.7. The van der Waals surface area contributed by atoms with Gasteiger partial charge in [-0.1, -0.05) is 0 Å². The fourth-order valence-electron chi connectivity index (χ4n) is 1.71. The number of nitrogens with zero attached hydrogens (tertiary/aromatic N) is 1. The number of primary amides is 1. The van der Waals surface area contributed by atoms with Crippen molar-refractivity contribution < 1.29 is 9.18 Å². The van der Waals surface area contributed by atoms with Crippen LogP contribution in [0, 0.1) is 12.7 Å². The van der Waals surface area contributed by atoms with E-state index in [4.69, 9.17) is 5.73 Å². The molecule has 1 heterocycles. The molecule has 0 radical (unpaired) electrons. The molecule has 0 aliphatic carbocycles. The maximum atomic E-state index is 13.7. The van der Waals surface area contributed by atoms with Crippen LogP contribution in [0.3, 0.4) is 0 Å². The molecule has 4 nitrogen and oxygen atoms in total. The second-order valence-corrected chi connectivity index (χ2v) is 5.16. The van der Waals surface area contributed by atoms with Crippen LogP contribution in [0.4, 0.5) is 10.1 Å². The van der Waals surface area contributed by atoms with Crippen molar-refractivity contribution in [2.75, 3.05) is 5.32 Å². The number of carbonyl (C=O) groups excluding carboxylic acids is 1. The molecule has 1 aromatic heterocycles. The summed E-state index contributed by atoms with van der Waals surface area (Å²) in [6.07, 6.45) is 1.71. The highest BCUT2D eigenvalue weighted by atomic mass is 32.1. The van der Waals surface area contributed by atoms with E-state index in [0.29, 0.717) is 11.3 Å². The summed E-state index contributed by atoms with van der Waals surface area (Å²) in [5, 5.41) is 5.92. The first-order valence-electron chi connectivity index (χ1n) is 5.75. The van der Waals surface area contributed by atoms with Crippen molar-refractivity contribution in [1.29, 1.82) is 0 Å². The molecule has 0 fully saturated rings. The summed E-state index contributed by atoms with van der Waals surface area (Å²) in [6.45, 7) is 3.57. The average Bonchev–Trinajstić information content (AvgIpc) is 2.88. The standard InChI is InChI=1S/C13H14FN3OS/c1-7-10(14)5-9(12(15)18)6-11(7)17-8(2)13-16-3-4-19-13/h3-6,8,17H,1-2H3,(H2,15,18). The van der Waals surface area contributed by atoms with E-state index in [0.717, 1.165) is 11.1 Å². The third-order valence-corrected chi connectivity index (χ3v) is 3.78. The highest BCUT2D eigenvalue weighted by Crippen LogP contribution is 2.26. The van der Waals surface area contributed by atoms with Crippen molar-refractivity contribution in [1.82, 2.24) is 4.98 Å². The number of rotatable bonds is 4. The maximum absolute atomic E-state index is 13.7. The van der Waals surface area contributed by atoms with Crippen molar-refractivity contribution in [2.45, 2.75) is 19.9 Å². The fourth-order valence-corrected chi connectivity index (χ4v) is 2.36. The van der Waals surface area contributed by atoms with Gasteiger partial charge in [0.15, 0.2) is 0 Å². The van der Waals surface area contributed by atoms with E-state index in [2.05, 4.69) is 10.3 Å². The molecule has 0 saturated heterocycles. The first kappa shape index (κ1) is 13.5. The molecule has 100 valence electrons. The molecule has 2 rings (SSSR count). The van der Waals surface area contributed by atoms with Crippen molar-refractivity contribution >= 4 is 22.9 Å². The predicted molar refractivity (Wildman–Crippen MR) is 73.8 cm³/mol. The van der Waals surface area contributed by atoms with E-state index in [1.807, 2.05) is 12.3 Å². The SMILES string of the molecule is Cc1c(F)cc(C(N)=O)cc1NC(C)c1nccs1. The molecule has 1 atom stereocenters. The van der Waals surface area contributed by atoms with Crippen LogP contribution in [0.1, 0.15) is 33.9 Å². The average molecular weight is 279 g/mol. The number of hydrogen-bond donors (Lipinski definition) is 2. The quantitative estimate of drug-likeness (QED) is 0.904. The third-order valence-electron chi connectivity index (χ3n) is 2.82. The number of halogens is 1. The Bertz CT molecular complexity index is 598. The number of benzene rings is 1. The Morgan fingerprint density at radius 3 is 2.84 bits per heavy atom. The molecule has 19 heavy (non-hydrogen) atoms. The Morgan fingerprint density at radius 2 is 2.26 bits per heavy atom. The second-order valence-electron chi connectivity index (χ2n) is 4.23. The minimum absolute atomic E-state index is 0.0683. The summed E-state index contributed by atoms with van der Waals surface area (Å²) >= 11 is 1.51. The lowest BCUT2D eigenvalue weighted by Crippen LogP contribution is -2.14. The van der Waals surface area contributed by atoms with Crippen LogP contribution in [0.25, 0.3) is 0 Å². The van der Waals surface area contributed by atoms with Crippen molar-refractivity contribution in [3.05, 3.63) is 45.7 Å². The van der Waals surface area contributed by atoms with Crippen LogP contribution >= 0.6 is 11.3 Å². The van der Waals surface area contributed by atoms with E-state index >= 15 is 0 Å². The molecule has 0 spiro atoms. The van der Waals surface area contributed by atoms with Crippen molar-refractivity contribution in [2.24, 2.45) is 5.73 Å². The lowest BCUT2D eigenvalue weighted by atomic mass is 10.1. The first-order valence-corrected chi connectivity index (χ1v) is 6.63. The van der Waals surface area contributed by atoms with Gasteiger partial charge in [-0.25, -0.2) is 9.37 Å². The van der Waals surface area contributed by atoms with Gasteiger partial charge in [0.05, 0.1) is 6.04 Å². The Labute approximate surface area is 114 Å². The molecule has 2 aromatic rings. The van der Waals surface area contributed by atoms with Gasteiger partial charge in [-0.2, -0.15) is 0 Å². The minimum atomic E-state index is -0.649. The summed E-state index contributed by atoms with van der Waals surface area (Å²) in [6, 6.07) is 2.64. The number of nitrogens with one attached hydrogen (secondary N) is 1. The fraction of sp³-hybridized carbons (Fsp3) is 0.231. The molecule has 1 unspecified atom stereocenters. The summed E-state index contributed by atoms with van der Waals surface area (Å²) in [7, 11) is 0. The van der Waals surface area contributed by atoms with Crippen molar-refractivity contribution in [3.63, 3.8) is 0 Å². The van der Waals surface area contributed by atoms with Gasteiger partial charge in [0, 0.05) is 28.4 Å². The van der Waals surface area contributed by atoms with Crippen LogP contribution in [0.2, 0.25) is 0 Å². The van der Waals surface area contributed by atoms with Gasteiger partial charge in [0.2, 0.25) is 5.91 Å². The summed E-state index contributed by atoms with van der Waals surface area (Å²) in [5.41, 5.74) is 6.34. The Balaban J connectivity index is 2.31. The van der Waals surface area contributed by atoms with Crippen LogP contribution in [0.5, 0.6) is 0 Å². The lowest BCUT2D eigenvalue weighted by Gasteiger charge is -2.16. The second kappa shape index (κ2) is 5.36. The highest BCUT2D eigenvalue weighted by molar-refractivity contribution is 7.09. The van der Waals surface area contributed by atoms with E-state index < -0.39 is 11.7 Å². The maximum Gasteiger partial charge on any atom is 0.248 e. The monoisotopic (exact) mass is 279 g/mol. The number of anilines is 1. The zero-order valence-electron chi connectivity index (χ0n) is 10.6. The lowest BCUT2D eigenvalue weighted by molar-refractivity contribution is 0.1000. The minimum Gasteiger partial charge on any atom is -0.376 e. The first-order chi connectivity index (χ1) is 8.99. The van der Waals surface area contributed by atoms with Gasteiger partial charge in [0.1, 0.15) is 10.8 Å². The zero-order chi connectivity index (χ0) is 14.0. The van der Waals surface area contributed by atoms with E-state index in [9.17, 15) is 9.18 Å². The summed E-state index contributed by atoms with van der Waals surface area (Å²) in [4.78, 5) is 15.3. The number of hydrogen-bond acceptors (Lipinski definition) is 4. The molecule has 0 bridgehead atoms. The number of nitrogens with two attached hydrogens (primary N) is 1. The van der Waals surface area contributed by atoms with Gasteiger partial charge < -0.3 is 11.1 Å². The molecule has 6 heteroatoms. The number of aromatic nitrogens is 1. The molecule has 1 amide bonds. The Hall–Kier alpha value is -1.95. The number of carbonyl (C=O) groups is 1. The normalized spacial score (nSPS) is 12.2. The zero-order valence-corrected chi connectivity index (χ0v) is 11.4. The molecule has 3 N–H and O–H groups in total.